The van der Waals surface area contributed by atoms with Crippen molar-refractivity contribution in [2.45, 2.75) is 0 Å². The van der Waals surface area contributed by atoms with E-state index < -0.39 is 5.97 Å². The van der Waals surface area contributed by atoms with Gasteiger partial charge in [0.05, 0.1) is 8.66 Å². The lowest BCUT2D eigenvalue weighted by Crippen LogP contribution is -2.01. The molecule has 0 unspecified atom stereocenters. The van der Waals surface area contributed by atoms with Gasteiger partial charge in [-0.15, -0.1) is 11.3 Å². The van der Waals surface area contributed by atoms with Gasteiger partial charge in [0, 0.05) is 6.20 Å². The van der Waals surface area contributed by atoms with Crippen LogP contribution in [0, 0.1) is 0 Å². The summed E-state index contributed by atoms with van der Waals surface area (Å²) in [6, 6.07) is 5.08. The van der Waals surface area contributed by atoms with E-state index in [0.29, 0.717) is 5.82 Å². The molecule has 15 heavy (non-hydrogen) atoms. The summed E-state index contributed by atoms with van der Waals surface area (Å²) in [7, 11) is 0. The second-order valence-electron chi connectivity index (χ2n) is 2.67. The first-order chi connectivity index (χ1) is 7.16. The Morgan fingerprint density at radius 2 is 2.20 bits per heavy atom. The average molecular weight is 285 g/mol. The molecular formula is C9H5BrN2O2S. The van der Waals surface area contributed by atoms with Crippen molar-refractivity contribution in [3.63, 3.8) is 0 Å². The lowest BCUT2D eigenvalue weighted by molar-refractivity contribution is 0.0690. The van der Waals surface area contributed by atoms with Crippen LogP contribution in [0.4, 0.5) is 0 Å². The maximum atomic E-state index is 10.7. The lowest BCUT2D eigenvalue weighted by atomic mass is 10.4. The summed E-state index contributed by atoms with van der Waals surface area (Å²) >= 11 is 4.78. The summed E-state index contributed by atoms with van der Waals surface area (Å²) in [5.41, 5.74) is 0.00419. The van der Waals surface area contributed by atoms with E-state index in [4.69, 9.17) is 5.11 Å². The number of carbonyl (C=O) groups is 1. The van der Waals surface area contributed by atoms with Crippen molar-refractivity contribution in [2.75, 3.05) is 0 Å². The smallest absolute Gasteiger partial charge is 0.354 e. The molecule has 2 aromatic heterocycles. The van der Waals surface area contributed by atoms with Crippen LogP contribution >= 0.6 is 27.3 Å². The van der Waals surface area contributed by atoms with Crippen molar-refractivity contribution < 1.29 is 9.90 Å². The normalized spacial score (nSPS) is 10.2. The highest BCUT2D eigenvalue weighted by Crippen LogP contribution is 2.28. The number of carboxylic acid groups (broad SMARTS) is 1. The van der Waals surface area contributed by atoms with E-state index in [2.05, 4.69) is 25.9 Å². The fourth-order valence-corrected chi connectivity index (χ4v) is 2.36. The van der Waals surface area contributed by atoms with Crippen molar-refractivity contribution in [1.29, 1.82) is 0 Å². The Morgan fingerprint density at radius 1 is 1.40 bits per heavy atom. The first kappa shape index (κ1) is 10.3. The van der Waals surface area contributed by atoms with Crippen LogP contribution in [0.5, 0.6) is 0 Å². The molecule has 1 N–H and O–H groups in total. The van der Waals surface area contributed by atoms with E-state index >= 15 is 0 Å². The third-order valence-corrected chi connectivity index (χ3v) is 3.29. The first-order valence-electron chi connectivity index (χ1n) is 3.99. The molecule has 0 aliphatic heterocycles. The van der Waals surface area contributed by atoms with Gasteiger partial charge in [-0.1, -0.05) is 0 Å². The van der Waals surface area contributed by atoms with Gasteiger partial charge in [-0.05, 0) is 34.1 Å². The van der Waals surface area contributed by atoms with E-state index in [1.54, 1.807) is 0 Å². The Kier molecular flexibility index (Phi) is 2.79. The zero-order valence-electron chi connectivity index (χ0n) is 7.35. The van der Waals surface area contributed by atoms with Crippen LogP contribution in [0.2, 0.25) is 0 Å². The van der Waals surface area contributed by atoms with Crippen LogP contribution in [0.25, 0.3) is 10.7 Å². The molecule has 0 fully saturated rings. The highest BCUT2D eigenvalue weighted by Gasteiger charge is 2.09. The molecule has 0 aliphatic rings. The fourth-order valence-electron chi connectivity index (χ4n) is 1.03. The second kappa shape index (κ2) is 4.08. The topological polar surface area (TPSA) is 63.1 Å². The Labute approximate surface area is 97.8 Å². The maximum Gasteiger partial charge on any atom is 0.354 e. The van der Waals surface area contributed by atoms with Gasteiger partial charge >= 0.3 is 5.97 Å². The largest absolute Gasteiger partial charge is 0.477 e. The molecular weight excluding hydrogens is 280 g/mol. The molecule has 76 valence electrons. The zero-order valence-corrected chi connectivity index (χ0v) is 9.75. The molecule has 2 rings (SSSR count). The van der Waals surface area contributed by atoms with Crippen molar-refractivity contribution >= 4 is 33.2 Å². The van der Waals surface area contributed by atoms with Crippen molar-refractivity contribution in [3.05, 3.63) is 33.9 Å². The highest BCUT2D eigenvalue weighted by atomic mass is 79.9. The van der Waals surface area contributed by atoms with Crippen molar-refractivity contribution in [1.82, 2.24) is 9.97 Å². The summed E-state index contributed by atoms with van der Waals surface area (Å²) in [6.45, 7) is 0. The van der Waals surface area contributed by atoms with Gasteiger partial charge in [-0.3, -0.25) is 0 Å². The first-order valence-corrected chi connectivity index (χ1v) is 5.60. The van der Waals surface area contributed by atoms with Gasteiger partial charge in [0.15, 0.2) is 11.5 Å². The van der Waals surface area contributed by atoms with E-state index in [-0.39, 0.29) is 5.69 Å². The summed E-state index contributed by atoms with van der Waals surface area (Å²) < 4.78 is 0.960. The van der Waals surface area contributed by atoms with E-state index in [9.17, 15) is 4.79 Å². The van der Waals surface area contributed by atoms with Gasteiger partial charge < -0.3 is 5.11 Å². The van der Waals surface area contributed by atoms with E-state index in [0.717, 1.165) is 8.66 Å². The van der Waals surface area contributed by atoms with Crippen LogP contribution in [-0.2, 0) is 0 Å². The minimum atomic E-state index is -1.05. The summed E-state index contributed by atoms with van der Waals surface area (Å²) in [5.74, 6) is -0.611. The SMILES string of the molecule is O=C(O)c1ccnc(-c2ccc(Br)s2)n1. The number of nitrogens with zero attached hydrogens (tertiary/aromatic N) is 2. The monoisotopic (exact) mass is 284 g/mol. The second-order valence-corrected chi connectivity index (χ2v) is 5.14. The molecule has 0 atom stereocenters. The van der Waals surface area contributed by atoms with Gasteiger partial charge in [-0.25, -0.2) is 14.8 Å². The number of halogens is 1. The summed E-state index contributed by atoms with van der Waals surface area (Å²) in [6.07, 6.45) is 1.44. The van der Waals surface area contributed by atoms with Crippen molar-refractivity contribution in [3.8, 4) is 10.7 Å². The molecule has 4 nitrogen and oxygen atoms in total. The Morgan fingerprint density at radius 3 is 2.80 bits per heavy atom. The number of thiophene rings is 1. The van der Waals surface area contributed by atoms with E-state index in [1.165, 1.54) is 23.6 Å². The highest BCUT2D eigenvalue weighted by molar-refractivity contribution is 9.11. The number of aromatic carboxylic acids is 1. The van der Waals surface area contributed by atoms with Crippen LogP contribution in [0.3, 0.4) is 0 Å². The van der Waals surface area contributed by atoms with Gasteiger partial charge in [0.2, 0.25) is 0 Å². The molecule has 2 heterocycles. The molecule has 0 aliphatic carbocycles. The number of hydrogen-bond acceptors (Lipinski definition) is 4. The standard InChI is InChI=1S/C9H5BrN2O2S/c10-7-2-1-6(15-7)8-11-4-3-5(12-8)9(13)14/h1-4H,(H,13,14). The molecule has 0 aromatic carbocycles. The third-order valence-electron chi connectivity index (χ3n) is 1.67. The molecule has 0 saturated heterocycles. The lowest BCUT2D eigenvalue weighted by Gasteiger charge is -1.96. The quantitative estimate of drug-likeness (QED) is 0.921. The minimum absolute atomic E-state index is 0.00419. The van der Waals surface area contributed by atoms with Gasteiger partial charge in [-0.2, -0.15) is 0 Å². The van der Waals surface area contributed by atoms with Crippen LogP contribution < -0.4 is 0 Å². The van der Waals surface area contributed by atoms with Crippen LogP contribution in [0.15, 0.2) is 28.2 Å². The Hall–Kier alpha value is -1.27. The molecule has 0 radical (unpaired) electrons. The summed E-state index contributed by atoms with van der Waals surface area (Å²) in [4.78, 5) is 19.5. The van der Waals surface area contributed by atoms with E-state index in [1.807, 2.05) is 12.1 Å². The van der Waals surface area contributed by atoms with Crippen LogP contribution in [-0.4, -0.2) is 21.0 Å². The Balaban J connectivity index is 2.45. The van der Waals surface area contributed by atoms with Crippen molar-refractivity contribution in [2.24, 2.45) is 0 Å². The van der Waals surface area contributed by atoms with Gasteiger partial charge in [0.1, 0.15) is 0 Å². The van der Waals surface area contributed by atoms with Gasteiger partial charge in [0.25, 0.3) is 0 Å². The summed E-state index contributed by atoms with van der Waals surface area (Å²) in [5, 5.41) is 8.77. The molecule has 0 spiro atoms. The fraction of sp³-hybridized carbons (Fsp3) is 0. The molecule has 2 aromatic rings. The number of rotatable bonds is 2. The predicted octanol–water partition coefficient (Wildman–Crippen LogP) is 2.67. The minimum Gasteiger partial charge on any atom is -0.477 e. The molecule has 6 heteroatoms. The molecule has 0 saturated carbocycles. The predicted molar refractivity (Wildman–Crippen MR) is 60.0 cm³/mol. The van der Waals surface area contributed by atoms with Crippen LogP contribution in [0.1, 0.15) is 10.5 Å². The molecule has 0 bridgehead atoms. The average Bonchev–Trinajstić information content (AvgIpc) is 2.65. The third kappa shape index (κ3) is 2.21. The molecule has 0 amide bonds. The number of hydrogen-bond donors (Lipinski definition) is 1. The number of aromatic nitrogens is 2. The Bertz CT molecular complexity index is 512. The zero-order chi connectivity index (χ0) is 10.8. The maximum absolute atomic E-state index is 10.7. The number of carboxylic acids is 1.